The standard InChI is InChI=1S/C32H37NSi/c1-20-10-11-23-19-27-28(21(2)26(23)18-20)31(3,4)32(5,6)29-25(16-17-33-30(27)29)22-12-14-24(15-13-22)34(7,8)9/h10-19H,1-9H3. The molecule has 0 saturated heterocycles. The summed E-state index contributed by atoms with van der Waals surface area (Å²) in [6.07, 6.45) is 2.01. The Morgan fingerprint density at radius 2 is 1.35 bits per heavy atom. The molecular weight excluding hydrogens is 426 g/mol. The van der Waals surface area contributed by atoms with Crippen LogP contribution in [0.25, 0.3) is 33.2 Å². The minimum absolute atomic E-state index is 0.0482. The summed E-state index contributed by atoms with van der Waals surface area (Å²) in [5.74, 6) is 0. The summed E-state index contributed by atoms with van der Waals surface area (Å²) < 4.78 is 0. The van der Waals surface area contributed by atoms with Crippen LogP contribution in [0.4, 0.5) is 0 Å². The van der Waals surface area contributed by atoms with Gasteiger partial charge in [-0.05, 0) is 70.0 Å². The molecule has 1 aliphatic rings. The Morgan fingerprint density at radius 1 is 0.706 bits per heavy atom. The van der Waals surface area contributed by atoms with Crippen molar-refractivity contribution in [3.8, 4) is 22.4 Å². The van der Waals surface area contributed by atoms with Crippen LogP contribution in [0, 0.1) is 13.8 Å². The van der Waals surface area contributed by atoms with Crippen LogP contribution in [-0.4, -0.2) is 13.1 Å². The normalized spacial score (nSPS) is 16.3. The van der Waals surface area contributed by atoms with Crippen molar-refractivity contribution in [2.24, 2.45) is 0 Å². The lowest BCUT2D eigenvalue weighted by atomic mass is 9.54. The van der Waals surface area contributed by atoms with E-state index in [0.29, 0.717) is 0 Å². The highest BCUT2D eigenvalue weighted by Gasteiger charge is 2.48. The molecule has 174 valence electrons. The van der Waals surface area contributed by atoms with Crippen molar-refractivity contribution >= 4 is 24.0 Å². The molecule has 1 heterocycles. The molecule has 2 heteroatoms. The third kappa shape index (κ3) is 3.22. The van der Waals surface area contributed by atoms with Gasteiger partial charge in [-0.3, -0.25) is 4.98 Å². The van der Waals surface area contributed by atoms with E-state index in [4.69, 9.17) is 4.98 Å². The van der Waals surface area contributed by atoms with Gasteiger partial charge in [0.2, 0.25) is 0 Å². The van der Waals surface area contributed by atoms with Crippen molar-refractivity contribution in [2.75, 3.05) is 0 Å². The van der Waals surface area contributed by atoms with E-state index in [-0.39, 0.29) is 10.8 Å². The average molecular weight is 464 g/mol. The van der Waals surface area contributed by atoms with Crippen molar-refractivity contribution in [1.29, 1.82) is 0 Å². The minimum Gasteiger partial charge on any atom is -0.256 e. The van der Waals surface area contributed by atoms with Gasteiger partial charge in [0.05, 0.1) is 13.8 Å². The fourth-order valence-corrected chi connectivity index (χ4v) is 7.16. The maximum Gasteiger partial charge on any atom is 0.0775 e. The van der Waals surface area contributed by atoms with E-state index in [1.54, 1.807) is 0 Å². The summed E-state index contributed by atoms with van der Waals surface area (Å²) >= 11 is 0. The number of nitrogens with zero attached hydrogens (tertiary/aromatic N) is 1. The maximum atomic E-state index is 5.04. The summed E-state index contributed by atoms with van der Waals surface area (Å²) in [4.78, 5) is 5.04. The van der Waals surface area contributed by atoms with E-state index < -0.39 is 8.07 Å². The molecule has 5 rings (SSSR count). The second kappa shape index (κ2) is 7.39. The first kappa shape index (κ1) is 23.0. The second-order valence-corrected chi connectivity index (χ2v) is 17.4. The topological polar surface area (TPSA) is 12.9 Å². The van der Waals surface area contributed by atoms with Crippen LogP contribution in [-0.2, 0) is 10.8 Å². The Morgan fingerprint density at radius 3 is 2.00 bits per heavy atom. The van der Waals surface area contributed by atoms with Gasteiger partial charge in [0.25, 0.3) is 0 Å². The van der Waals surface area contributed by atoms with E-state index in [9.17, 15) is 0 Å². The lowest BCUT2D eigenvalue weighted by Crippen LogP contribution is -2.44. The van der Waals surface area contributed by atoms with Crippen molar-refractivity contribution in [2.45, 2.75) is 72.0 Å². The Bertz CT molecular complexity index is 1430. The van der Waals surface area contributed by atoms with Crippen LogP contribution >= 0.6 is 0 Å². The Kier molecular flexibility index (Phi) is 5.01. The number of hydrogen-bond donors (Lipinski definition) is 0. The van der Waals surface area contributed by atoms with Gasteiger partial charge in [0, 0.05) is 17.2 Å². The highest BCUT2D eigenvalue weighted by Crippen LogP contribution is 2.57. The van der Waals surface area contributed by atoms with E-state index in [0.717, 1.165) is 5.69 Å². The predicted octanol–water partition coefficient (Wildman–Crippen LogP) is 8.30. The van der Waals surface area contributed by atoms with E-state index >= 15 is 0 Å². The van der Waals surface area contributed by atoms with Gasteiger partial charge in [0.15, 0.2) is 0 Å². The lowest BCUT2D eigenvalue weighted by molar-refractivity contribution is 0.298. The molecule has 1 aromatic heterocycles. The third-order valence-electron chi connectivity index (χ3n) is 8.64. The molecule has 0 amide bonds. The molecule has 0 atom stereocenters. The monoisotopic (exact) mass is 463 g/mol. The number of aryl methyl sites for hydroxylation is 2. The average Bonchev–Trinajstić information content (AvgIpc) is 2.77. The molecule has 0 unspecified atom stereocenters. The Labute approximate surface area is 206 Å². The van der Waals surface area contributed by atoms with Crippen LogP contribution < -0.4 is 5.19 Å². The molecule has 0 saturated carbocycles. The SMILES string of the molecule is Cc1ccc2cc3c(c(C)c2c1)C(C)(C)C(C)(C)c1c(-c2ccc([Si](C)(C)C)cc2)ccnc1-3. The summed E-state index contributed by atoms with van der Waals surface area (Å²) in [7, 11) is -1.33. The Balaban J connectivity index is 1.83. The zero-order valence-electron chi connectivity index (χ0n) is 22.2. The van der Waals surface area contributed by atoms with Crippen LogP contribution in [0.5, 0.6) is 0 Å². The van der Waals surface area contributed by atoms with Crippen molar-refractivity contribution in [3.05, 3.63) is 83.0 Å². The van der Waals surface area contributed by atoms with Crippen LogP contribution in [0.1, 0.15) is 49.9 Å². The van der Waals surface area contributed by atoms with Gasteiger partial charge in [-0.25, -0.2) is 0 Å². The zero-order chi connectivity index (χ0) is 24.6. The van der Waals surface area contributed by atoms with Crippen LogP contribution in [0.15, 0.2) is 60.8 Å². The van der Waals surface area contributed by atoms with Gasteiger partial charge in [-0.15, -0.1) is 0 Å². The molecule has 0 aliphatic heterocycles. The van der Waals surface area contributed by atoms with Crippen molar-refractivity contribution < 1.29 is 0 Å². The number of pyridine rings is 1. The first-order chi connectivity index (χ1) is 15.8. The predicted molar refractivity (Wildman–Crippen MR) is 151 cm³/mol. The number of benzene rings is 3. The van der Waals surface area contributed by atoms with E-state index in [1.807, 2.05) is 6.20 Å². The highest BCUT2D eigenvalue weighted by molar-refractivity contribution is 6.88. The van der Waals surface area contributed by atoms with E-state index in [2.05, 4.69) is 116 Å². The molecule has 3 aromatic carbocycles. The third-order valence-corrected chi connectivity index (χ3v) is 10.7. The molecular formula is C32H37NSi. The van der Waals surface area contributed by atoms with Gasteiger partial charge in [-0.1, -0.05) is 101 Å². The molecule has 1 aliphatic carbocycles. The van der Waals surface area contributed by atoms with Gasteiger partial charge < -0.3 is 0 Å². The summed E-state index contributed by atoms with van der Waals surface area (Å²) in [6.45, 7) is 21.4. The molecule has 1 nitrogen and oxygen atoms in total. The van der Waals surface area contributed by atoms with Crippen LogP contribution in [0.3, 0.4) is 0 Å². The van der Waals surface area contributed by atoms with Crippen molar-refractivity contribution in [1.82, 2.24) is 4.98 Å². The van der Waals surface area contributed by atoms with Gasteiger partial charge >= 0.3 is 0 Å². The minimum atomic E-state index is -1.33. The number of fused-ring (bicyclic) bond motifs is 4. The van der Waals surface area contributed by atoms with Crippen LogP contribution in [0.2, 0.25) is 19.6 Å². The molecule has 4 aromatic rings. The first-order valence-corrected chi connectivity index (χ1v) is 16.0. The van der Waals surface area contributed by atoms with Crippen molar-refractivity contribution in [3.63, 3.8) is 0 Å². The molecule has 0 N–H and O–H groups in total. The number of aromatic nitrogens is 1. The fraction of sp³-hybridized carbons (Fsp3) is 0.344. The lowest BCUT2D eigenvalue weighted by Gasteiger charge is -2.49. The summed E-state index contributed by atoms with van der Waals surface area (Å²) in [5, 5.41) is 4.17. The molecule has 0 spiro atoms. The quantitative estimate of drug-likeness (QED) is 0.272. The smallest absolute Gasteiger partial charge is 0.0775 e. The molecule has 0 bridgehead atoms. The fourth-order valence-electron chi connectivity index (χ4n) is 5.99. The number of hydrogen-bond acceptors (Lipinski definition) is 1. The first-order valence-electron chi connectivity index (χ1n) is 12.5. The maximum absolute atomic E-state index is 5.04. The summed E-state index contributed by atoms with van der Waals surface area (Å²) in [5.41, 5.74) is 10.5. The Hall–Kier alpha value is -2.71. The zero-order valence-corrected chi connectivity index (χ0v) is 23.2. The molecule has 34 heavy (non-hydrogen) atoms. The molecule has 0 radical (unpaired) electrons. The number of rotatable bonds is 2. The van der Waals surface area contributed by atoms with Gasteiger partial charge in [0.1, 0.15) is 0 Å². The van der Waals surface area contributed by atoms with E-state index in [1.165, 1.54) is 54.9 Å². The largest absolute Gasteiger partial charge is 0.256 e. The van der Waals surface area contributed by atoms with Gasteiger partial charge in [-0.2, -0.15) is 0 Å². The second-order valence-electron chi connectivity index (χ2n) is 12.3. The highest BCUT2D eigenvalue weighted by atomic mass is 28.3. The molecule has 0 fully saturated rings. The summed E-state index contributed by atoms with van der Waals surface area (Å²) in [6, 6.07) is 20.8.